The number of aryl methyl sites for hydroxylation is 1. The molecule has 11 heteroatoms. The van der Waals surface area contributed by atoms with Crippen LogP contribution in [0.4, 0.5) is 5.13 Å². The number of ether oxygens (including phenoxy) is 1. The van der Waals surface area contributed by atoms with Crippen LogP contribution in [0.25, 0.3) is 0 Å². The molecule has 0 unspecified atom stereocenters. The first kappa shape index (κ1) is 22.5. The molecule has 0 saturated heterocycles. The van der Waals surface area contributed by atoms with Gasteiger partial charge >= 0.3 is 0 Å². The van der Waals surface area contributed by atoms with Crippen molar-refractivity contribution in [3.05, 3.63) is 29.8 Å². The second kappa shape index (κ2) is 11.9. The summed E-state index contributed by atoms with van der Waals surface area (Å²) in [7, 11) is 3.05. The maximum Gasteiger partial charge on any atom is 0.263 e. The third kappa shape index (κ3) is 7.27. The highest BCUT2D eigenvalue weighted by molar-refractivity contribution is 7.17. The standard InChI is InChI=1S/C18H26N6O4S/c1-19-15(25)4-9-24(16(26)5-11-28-2)18-22-12-14(29-18)17(27)21-6-3-8-23-10-7-20-13-23/h7,10,12-13H,3-6,8-9,11H2,1-2H3,(H,19,25)(H,21,27). The first-order valence-electron chi connectivity index (χ1n) is 9.24. The molecule has 3 amide bonds. The summed E-state index contributed by atoms with van der Waals surface area (Å²) in [5.74, 6) is -0.630. The number of rotatable bonds is 12. The van der Waals surface area contributed by atoms with Gasteiger partial charge in [0, 0.05) is 52.6 Å². The average molecular weight is 423 g/mol. The summed E-state index contributed by atoms with van der Waals surface area (Å²) in [5.41, 5.74) is 0. The van der Waals surface area contributed by atoms with Crippen molar-refractivity contribution in [3.8, 4) is 0 Å². The molecule has 0 fully saturated rings. The van der Waals surface area contributed by atoms with Crippen LogP contribution in [-0.2, 0) is 20.9 Å². The van der Waals surface area contributed by atoms with Crippen molar-refractivity contribution in [3.63, 3.8) is 0 Å². The zero-order chi connectivity index (χ0) is 21.1. The van der Waals surface area contributed by atoms with Crippen molar-refractivity contribution in [1.29, 1.82) is 0 Å². The molecule has 0 aliphatic carbocycles. The summed E-state index contributed by atoms with van der Waals surface area (Å²) in [6, 6.07) is 0. The van der Waals surface area contributed by atoms with Crippen LogP contribution >= 0.6 is 11.3 Å². The number of hydrogen-bond acceptors (Lipinski definition) is 7. The lowest BCUT2D eigenvalue weighted by atomic mass is 10.3. The van der Waals surface area contributed by atoms with Gasteiger partial charge in [-0.1, -0.05) is 11.3 Å². The minimum absolute atomic E-state index is 0.143. The van der Waals surface area contributed by atoms with Crippen LogP contribution in [0.15, 0.2) is 24.9 Å². The van der Waals surface area contributed by atoms with Crippen LogP contribution in [-0.4, -0.2) is 66.1 Å². The Kier molecular flexibility index (Phi) is 9.25. The third-order valence-corrected chi connectivity index (χ3v) is 5.07. The van der Waals surface area contributed by atoms with Crippen molar-refractivity contribution >= 4 is 34.2 Å². The molecule has 158 valence electrons. The Hall–Kier alpha value is -2.79. The first-order valence-corrected chi connectivity index (χ1v) is 10.1. The molecule has 0 aromatic carbocycles. The van der Waals surface area contributed by atoms with E-state index in [-0.39, 0.29) is 43.7 Å². The number of imidazole rings is 1. The maximum absolute atomic E-state index is 12.5. The van der Waals surface area contributed by atoms with E-state index in [1.54, 1.807) is 12.5 Å². The highest BCUT2D eigenvalue weighted by Crippen LogP contribution is 2.23. The Labute approximate surface area is 173 Å². The fraction of sp³-hybridized carbons (Fsp3) is 0.500. The van der Waals surface area contributed by atoms with E-state index in [0.29, 0.717) is 16.6 Å². The zero-order valence-electron chi connectivity index (χ0n) is 16.6. The number of amides is 3. The number of thiazole rings is 1. The van der Waals surface area contributed by atoms with Gasteiger partial charge in [-0.15, -0.1) is 0 Å². The summed E-state index contributed by atoms with van der Waals surface area (Å²) in [6.07, 6.45) is 7.82. The zero-order valence-corrected chi connectivity index (χ0v) is 17.4. The van der Waals surface area contributed by atoms with Gasteiger partial charge in [-0.25, -0.2) is 9.97 Å². The van der Waals surface area contributed by atoms with Crippen LogP contribution in [0.3, 0.4) is 0 Å². The van der Waals surface area contributed by atoms with Crippen molar-refractivity contribution in [2.24, 2.45) is 0 Å². The Morgan fingerprint density at radius 2 is 2.14 bits per heavy atom. The van der Waals surface area contributed by atoms with E-state index in [1.807, 2.05) is 10.8 Å². The van der Waals surface area contributed by atoms with Crippen molar-refractivity contribution < 1.29 is 19.1 Å². The molecule has 2 aromatic rings. The number of carbonyl (C=O) groups excluding carboxylic acids is 3. The van der Waals surface area contributed by atoms with E-state index >= 15 is 0 Å². The predicted octanol–water partition coefficient (Wildman–Crippen LogP) is 0.665. The van der Waals surface area contributed by atoms with E-state index in [2.05, 4.69) is 20.6 Å². The van der Waals surface area contributed by atoms with Gasteiger partial charge in [0.15, 0.2) is 5.13 Å². The van der Waals surface area contributed by atoms with Gasteiger partial charge in [0.2, 0.25) is 11.8 Å². The molecule has 2 heterocycles. The normalized spacial score (nSPS) is 10.6. The van der Waals surface area contributed by atoms with Crippen molar-refractivity contribution in [1.82, 2.24) is 25.2 Å². The van der Waals surface area contributed by atoms with Crippen LogP contribution in [0, 0.1) is 0 Å². The topological polar surface area (TPSA) is 118 Å². The van der Waals surface area contributed by atoms with E-state index in [4.69, 9.17) is 4.74 Å². The number of anilines is 1. The van der Waals surface area contributed by atoms with E-state index in [9.17, 15) is 14.4 Å². The van der Waals surface area contributed by atoms with E-state index in [0.717, 1.165) is 24.3 Å². The molecule has 0 radical (unpaired) electrons. The lowest BCUT2D eigenvalue weighted by Gasteiger charge is -2.19. The second-order valence-electron chi connectivity index (χ2n) is 6.13. The van der Waals surface area contributed by atoms with Crippen LogP contribution in [0.2, 0.25) is 0 Å². The molecule has 0 aliphatic heterocycles. The minimum atomic E-state index is -0.241. The Balaban J connectivity index is 1.93. The monoisotopic (exact) mass is 422 g/mol. The number of nitrogens with one attached hydrogen (secondary N) is 2. The smallest absolute Gasteiger partial charge is 0.263 e. The molecule has 0 atom stereocenters. The van der Waals surface area contributed by atoms with Gasteiger partial charge in [0.05, 0.1) is 25.6 Å². The van der Waals surface area contributed by atoms with Gasteiger partial charge in [-0.05, 0) is 6.42 Å². The van der Waals surface area contributed by atoms with E-state index < -0.39 is 0 Å². The average Bonchev–Trinajstić information content (AvgIpc) is 3.41. The maximum atomic E-state index is 12.5. The Bertz CT molecular complexity index is 792. The second-order valence-corrected chi connectivity index (χ2v) is 7.14. The molecule has 2 aromatic heterocycles. The molecule has 0 aliphatic rings. The van der Waals surface area contributed by atoms with Gasteiger partial charge in [-0.3, -0.25) is 19.3 Å². The first-order chi connectivity index (χ1) is 14.0. The predicted molar refractivity (Wildman–Crippen MR) is 109 cm³/mol. The lowest BCUT2D eigenvalue weighted by molar-refractivity contribution is -0.121. The number of nitrogens with zero attached hydrogens (tertiary/aromatic N) is 4. The quantitative estimate of drug-likeness (QED) is 0.485. The molecular formula is C18H26N6O4S. The minimum Gasteiger partial charge on any atom is -0.384 e. The van der Waals surface area contributed by atoms with Gasteiger partial charge in [0.1, 0.15) is 4.88 Å². The van der Waals surface area contributed by atoms with Gasteiger partial charge in [0.25, 0.3) is 5.91 Å². The SMILES string of the molecule is CNC(=O)CCN(C(=O)CCOC)c1ncc(C(=O)NCCCn2ccnc2)s1. The number of aromatic nitrogens is 3. The fourth-order valence-corrected chi connectivity index (χ4v) is 3.33. The largest absolute Gasteiger partial charge is 0.384 e. The number of methoxy groups -OCH3 is 1. The van der Waals surface area contributed by atoms with Gasteiger partial charge < -0.3 is 19.9 Å². The molecule has 0 spiro atoms. The highest BCUT2D eigenvalue weighted by Gasteiger charge is 2.21. The van der Waals surface area contributed by atoms with Crippen LogP contribution < -0.4 is 15.5 Å². The molecule has 2 N–H and O–H groups in total. The van der Waals surface area contributed by atoms with Crippen molar-refractivity contribution in [2.75, 3.05) is 38.8 Å². The summed E-state index contributed by atoms with van der Waals surface area (Å²) in [4.78, 5) is 46.4. The lowest BCUT2D eigenvalue weighted by Crippen LogP contribution is -2.35. The Morgan fingerprint density at radius 3 is 2.83 bits per heavy atom. The molecular weight excluding hydrogens is 396 g/mol. The molecule has 29 heavy (non-hydrogen) atoms. The fourth-order valence-electron chi connectivity index (χ4n) is 2.45. The van der Waals surface area contributed by atoms with Gasteiger partial charge in [-0.2, -0.15) is 0 Å². The third-order valence-electron chi connectivity index (χ3n) is 4.05. The summed E-state index contributed by atoms with van der Waals surface area (Å²) in [5, 5.41) is 5.76. The summed E-state index contributed by atoms with van der Waals surface area (Å²) >= 11 is 1.12. The van der Waals surface area contributed by atoms with Crippen LogP contribution in [0.1, 0.15) is 28.9 Å². The Morgan fingerprint density at radius 1 is 1.31 bits per heavy atom. The molecule has 2 rings (SSSR count). The van der Waals surface area contributed by atoms with Crippen molar-refractivity contribution in [2.45, 2.75) is 25.8 Å². The number of carbonyl (C=O) groups is 3. The molecule has 10 nitrogen and oxygen atoms in total. The molecule has 0 saturated carbocycles. The molecule has 0 bridgehead atoms. The highest BCUT2D eigenvalue weighted by atomic mass is 32.1. The number of hydrogen-bond donors (Lipinski definition) is 2. The summed E-state index contributed by atoms with van der Waals surface area (Å²) in [6.45, 7) is 1.72. The summed E-state index contributed by atoms with van der Waals surface area (Å²) < 4.78 is 6.89. The van der Waals surface area contributed by atoms with Crippen LogP contribution in [0.5, 0.6) is 0 Å². The van der Waals surface area contributed by atoms with E-state index in [1.165, 1.54) is 25.3 Å².